The molecule has 0 atom stereocenters. The first-order chi connectivity index (χ1) is 9.52. The van der Waals surface area contributed by atoms with Crippen molar-refractivity contribution in [1.82, 2.24) is 9.97 Å². The zero-order valence-electron chi connectivity index (χ0n) is 10.8. The smallest absolute Gasteiger partial charge is 0.145 e. The van der Waals surface area contributed by atoms with Crippen LogP contribution >= 0.6 is 34.8 Å². The summed E-state index contributed by atoms with van der Waals surface area (Å²) in [6, 6.07) is 4.80. The molecule has 20 heavy (non-hydrogen) atoms. The second-order valence-electron chi connectivity index (χ2n) is 4.34. The van der Waals surface area contributed by atoms with E-state index in [2.05, 4.69) is 9.97 Å². The molecule has 1 aromatic heterocycles. The summed E-state index contributed by atoms with van der Waals surface area (Å²) in [7, 11) is 0. The van der Waals surface area contributed by atoms with Crippen molar-refractivity contribution in [3.63, 3.8) is 0 Å². The van der Waals surface area contributed by atoms with E-state index in [0.717, 1.165) is 12.0 Å². The maximum Gasteiger partial charge on any atom is 0.145 e. The standard InChI is InChI=1S/C14H12Cl3FN2/c1-2-4-9-13(16)19-11(20-14(9)17)7-8-5-3-6-10(15)12(8)18/h3,5-6H,2,4,7H2,1H3. The molecule has 0 aliphatic carbocycles. The Morgan fingerprint density at radius 1 is 1.10 bits per heavy atom. The molecule has 0 unspecified atom stereocenters. The minimum Gasteiger partial charge on any atom is -0.220 e. The van der Waals surface area contributed by atoms with Gasteiger partial charge in [0.2, 0.25) is 0 Å². The zero-order chi connectivity index (χ0) is 14.7. The molecule has 0 N–H and O–H groups in total. The molecule has 2 rings (SSSR count). The van der Waals surface area contributed by atoms with E-state index in [4.69, 9.17) is 34.8 Å². The van der Waals surface area contributed by atoms with Crippen molar-refractivity contribution >= 4 is 34.8 Å². The monoisotopic (exact) mass is 332 g/mol. The van der Waals surface area contributed by atoms with Gasteiger partial charge in [-0.3, -0.25) is 0 Å². The normalized spacial score (nSPS) is 10.8. The molecule has 0 spiro atoms. The molecule has 0 aliphatic heterocycles. The largest absolute Gasteiger partial charge is 0.220 e. The fraction of sp³-hybridized carbons (Fsp3) is 0.286. The predicted octanol–water partition coefficient (Wildman–Crippen LogP) is 5.12. The predicted molar refractivity (Wildman–Crippen MR) is 80.3 cm³/mol. The van der Waals surface area contributed by atoms with Crippen molar-refractivity contribution in [2.75, 3.05) is 0 Å². The number of aromatic nitrogens is 2. The summed E-state index contributed by atoms with van der Waals surface area (Å²) < 4.78 is 13.8. The van der Waals surface area contributed by atoms with Crippen molar-refractivity contribution in [2.24, 2.45) is 0 Å². The van der Waals surface area contributed by atoms with E-state index in [-0.39, 0.29) is 11.4 Å². The van der Waals surface area contributed by atoms with Crippen molar-refractivity contribution < 1.29 is 4.39 Å². The quantitative estimate of drug-likeness (QED) is 0.726. The molecule has 6 heteroatoms. The summed E-state index contributed by atoms with van der Waals surface area (Å²) in [6.07, 6.45) is 1.80. The van der Waals surface area contributed by atoms with Crippen LogP contribution in [0.15, 0.2) is 18.2 Å². The lowest BCUT2D eigenvalue weighted by Gasteiger charge is -2.08. The highest BCUT2D eigenvalue weighted by Gasteiger charge is 2.13. The van der Waals surface area contributed by atoms with Gasteiger partial charge in [0.25, 0.3) is 0 Å². The molecule has 0 radical (unpaired) electrons. The number of nitrogens with zero attached hydrogens (tertiary/aromatic N) is 2. The summed E-state index contributed by atoms with van der Waals surface area (Å²) in [6.45, 7) is 2.02. The van der Waals surface area contributed by atoms with Gasteiger partial charge in [-0.1, -0.05) is 60.3 Å². The lowest BCUT2D eigenvalue weighted by Crippen LogP contribution is -2.03. The van der Waals surface area contributed by atoms with Crippen molar-refractivity contribution in [3.8, 4) is 0 Å². The van der Waals surface area contributed by atoms with Gasteiger partial charge in [0.15, 0.2) is 0 Å². The maximum absolute atomic E-state index is 13.8. The highest BCUT2D eigenvalue weighted by atomic mass is 35.5. The van der Waals surface area contributed by atoms with Crippen LogP contribution in [-0.4, -0.2) is 9.97 Å². The Labute approximate surface area is 131 Å². The van der Waals surface area contributed by atoms with Crippen LogP contribution in [0.1, 0.15) is 30.3 Å². The summed E-state index contributed by atoms with van der Waals surface area (Å²) in [5, 5.41) is 0.718. The van der Waals surface area contributed by atoms with E-state index in [1.165, 1.54) is 6.07 Å². The van der Waals surface area contributed by atoms with Crippen molar-refractivity contribution in [1.29, 1.82) is 0 Å². The average Bonchev–Trinajstić information content (AvgIpc) is 2.39. The van der Waals surface area contributed by atoms with Gasteiger partial charge in [0, 0.05) is 12.0 Å². The zero-order valence-corrected chi connectivity index (χ0v) is 13.0. The van der Waals surface area contributed by atoms with Crippen molar-refractivity contribution in [2.45, 2.75) is 26.2 Å². The lowest BCUT2D eigenvalue weighted by atomic mass is 10.1. The Kier molecular flexibility index (Phi) is 5.19. The fourth-order valence-corrected chi connectivity index (χ4v) is 2.67. The second-order valence-corrected chi connectivity index (χ2v) is 5.46. The molecule has 0 bridgehead atoms. The Balaban J connectivity index is 2.33. The van der Waals surface area contributed by atoms with Gasteiger partial charge >= 0.3 is 0 Å². The summed E-state index contributed by atoms with van der Waals surface area (Å²) in [5.74, 6) is -0.0938. The van der Waals surface area contributed by atoms with E-state index in [9.17, 15) is 4.39 Å². The third kappa shape index (κ3) is 3.40. The molecular formula is C14H12Cl3FN2. The topological polar surface area (TPSA) is 25.8 Å². The number of benzene rings is 1. The third-order valence-electron chi connectivity index (χ3n) is 2.83. The van der Waals surface area contributed by atoms with Crippen LogP contribution in [-0.2, 0) is 12.8 Å². The molecule has 2 nitrogen and oxygen atoms in total. The van der Waals surface area contributed by atoms with Gasteiger partial charge in [-0.05, 0) is 18.1 Å². The minimum atomic E-state index is -0.470. The summed E-state index contributed by atoms with van der Waals surface area (Å²) in [4.78, 5) is 8.36. The van der Waals surface area contributed by atoms with Crippen LogP contribution in [0.4, 0.5) is 4.39 Å². The van der Waals surface area contributed by atoms with E-state index in [1.807, 2.05) is 6.92 Å². The molecule has 0 aliphatic rings. The molecular weight excluding hydrogens is 322 g/mol. The first-order valence-corrected chi connectivity index (χ1v) is 7.30. The van der Waals surface area contributed by atoms with Gasteiger partial charge in [0.1, 0.15) is 21.9 Å². The first kappa shape index (κ1) is 15.5. The van der Waals surface area contributed by atoms with Gasteiger partial charge in [-0.25, -0.2) is 14.4 Å². The highest BCUT2D eigenvalue weighted by Crippen LogP contribution is 2.25. The Bertz CT molecular complexity index is 609. The Morgan fingerprint density at radius 3 is 2.35 bits per heavy atom. The Hall–Kier alpha value is -0.900. The van der Waals surface area contributed by atoms with Crippen LogP contribution in [0.5, 0.6) is 0 Å². The van der Waals surface area contributed by atoms with E-state index < -0.39 is 5.82 Å². The van der Waals surface area contributed by atoms with E-state index in [0.29, 0.717) is 28.1 Å². The van der Waals surface area contributed by atoms with Crippen LogP contribution in [0.2, 0.25) is 15.3 Å². The molecule has 0 saturated heterocycles. The molecule has 0 amide bonds. The van der Waals surface area contributed by atoms with Gasteiger partial charge in [0.05, 0.1) is 5.02 Å². The van der Waals surface area contributed by atoms with Crippen LogP contribution in [0, 0.1) is 5.82 Å². The fourth-order valence-electron chi connectivity index (χ4n) is 1.86. The van der Waals surface area contributed by atoms with Crippen LogP contribution < -0.4 is 0 Å². The number of halogens is 4. The van der Waals surface area contributed by atoms with Gasteiger partial charge in [-0.15, -0.1) is 0 Å². The highest BCUT2D eigenvalue weighted by molar-refractivity contribution is 6.34. The SMILES string of the molecule is CCCc1c(Cl)nc(Cc2cccc(Cl)c2F)nc1Cl. The molecule has 1 aromatic carbocycles. The van der Waals surface area contributed by atoms with Gasteiger partial charge in [-0.2, -0.15) is 0 Å². The van der Waals surface area contributed by atoms with Crippen LogP contribution in [0.3, 0.4) is 0 Å². The van der Waals surface area contributed by atoms with E-state index in [1.54, 1.807) is 12.1 Å². The molecule has 2 aromatic rings. The van der Waals surface area contributed by atoms with Gasteiger partial charge < -0.3 is 0 Å². The summed E-state index contributed by atoms with van der Waals surface area (Å²) in [5.41, 5.74) is 1.14. The lowest BCUT2D eigenvalue weighted by molar-refractivity contribution is 0.612. The number of hydrogen-bond acceptors (Lipinski definition) is 2. The number of hydrogen-bond donors (Lipinski definition) is 0. The molecule has 0 saturated carbocycles. The second kappa shape index (κ2) is 6.70. The van der Waals surface area contributed by atoms with Crippen molar-refractivity contribution in [3.05, 3.63) is 56.3 Å². The first-order valence-electron chi connectivity index (χ1n) is 6.16. The molecule has 1 heterocycles. The minimum absolute atomic E-state index is 0.0716. The molecule has 0 fully saturated rings. The number of rotatable bonds is 4. The van der Waals surface area contributed by atoms with E-state index >= 15 is 0 Å². The average molecular weight is 334 g/mol. The molecule has 106 valence electrons. The maximum atomic E-state index is 13.8. The van der Waals surface area contributed by atoms with Crippen LogP contribution in [0.25, 0.3) is 0 Å². The summed E-state index contributed by atoms with van der Waals surface area (Å²) >= 11 is 17.9. The third-order valence-corrected chi connectivity index (χ3v) is 3.75. The Morgan fingerprint density at radius 2 is 1.75 bits per heavy atom.